The van der Waals surface area contributed by atoms with E-state index in [1.807, 2.05) is 6.92 Å². The first-order valence-corrected chi connectivity index (χ1v) is 7.76. The Kier molecular flexibility index (Phi) is 4.74. The largest absolute Gasteiger partial charge is 0.452 e. The Morgan fingerprint density at radius 3 is 2.50 bits per heavy atom. The first-order chi connectivity index (χ1) is 12.5. The summed E-state index contributed by atoms with van der Waals surface area (Å²) in [6.07, 6.45) is 1.44. The second kappa shape index (κ2) is 7.13. The minimum Gasteiger partial charge on any atom is -0.452 e. The Hall–Kier alpha value is -3.56. The number of aromatic nitrogens is 6. The molecule has 2 heterocycles. The van der Waals surface area contributed by atoms with Gasteiger partial charge in [-0.1, -0.05) is 0 Å². The molecule has 10 nitrogen and oxygen atoms in total. The number of anilines is 1. The molecule has 0 aliphatic rings. The van der Waals surface area contributed by atoms with Crippen molar-refractivity contribution < 1.29 is 14.3 Å². The molecule has 0 spiro atoms. The Morgan fingerprint density at radius 1 is 1.19 bits per heavy atom. The number of benzene rings is 1. The van der Waals surface area contributed by atoms with Crippen molar-refractivity contribution in [3.63, 3.8) is 0 Å². The number of ether oxygens (including phenoxy) is 1. The third kappa shape index (κ3) is 3.58. The molecule has 2 aromatic heterocycles. The van der Waals surface area contributed by atoms with Gasteiger partial charge in [-0.2, -0.15) is 5.10 Å². The molecule has 134 valence electrons. The van der Waals surface area contributed by atoms with Crippen molar-refractivity contribution >= 4 is 17.6 Å². The zero-order valence-corrected chi connectivity index (χ0v) is 14.5. The molecule has 1 amide bonds. The normalized spacial score (nSPS) is 10.6. The molecular weight excluding hydrogens is 338 g/mol. The van der Waals surface area contributed by atoms with Crippen molar-refractivity contribution in [3.05, 3.63) is 47.5 Å². The maximum atomic E-state index is 12.1. The second-order valence-electron chi connectivity index (χ2n) is 5.60. The van der Waals surface area contributed by atoms with Gasteiger partial charge in [-0.05, 0) is 48.5 Å². The summed E-state index contributed by atoms with van der Waals surface area (Å²) in [7, 11) is 1.79. The predicted molar refractivity (Wildman–Crippen MR) is 90.7 cm³/mol. The van der Waals surface area contributed by atoms with Gasteiger partial charge in [-0.15, -0.1) is 5.10 Å². The number of hydrogen-bond donors (Lipinski definition) is 1. The van der Waals surface area contributed by atoms with E-state index in [1.165, 1.54) is 11.0 Å². The van der Waals surface area contributed by atoms with E-state index in [0.717, 1.165) is 5.69 Å². The van der Waals surface area contributed by atoms with Gasteiger partial charge < -0.3 is 10.1 Å². The van der Waals surface area contributed by atoms with Crippen molar-refractivity contribution in [1.29, 1.82) is 0 Å². The molecule has 0 saturated heterocycles. The number of carbonyl (C=O) groups is 2. The van der Waals surface area contributed by atoms with E-state index in [9.17, 15) is 9.59 Å². The molecule has 0 unspecified atom stereocenters. The standard InChI is InChI=1S/C16H17N7O3/c1-10-15(11(2)22(3)19-10)18-14(24)8-26-16(25)12-4-6-13(7-5-12)23-9-17-20-21-23/h4-7,9H,8H2,1-3H3,(H,18,24). The van der Waals surface area contributed by atoms with Crippen molar-refractivity contribution in [2.24, 2.45) is 7.05 Å². The van der Waals surface area contributed by atoms with Gasteiger partial charge in [-0.25, -0.2) is 9.48 Å². The molecule has 0 aliphatic carbocycles. The van der Waals surface area contributed by atoms with Crippen LogP contribution in [0, 0.1) is 13.8 Å². The topological polar surface area (TPSA) is 117 Å². The highest BCUT2D eigenvalue weighted by molar-refractivity contribution is 5.96. The van der Waals surface area contributed by atoms with Crippen LogP contribution in [-0.4, -0.2) is 48.5 Å². The molecule has 0 aliphatic heterocycles. The highest BCUT2D eigenvalue weighted by atomic mass is 16.5. The molecule has 1 aromatic carbocycles. The highest BCUT2D eigenvalue weighted by Crippen LogP contribution is 2.18. The van der Waals surface area contributed by atoms with Crippen LogP contribution in [0.2, 0.25) is 0 Å². The zero-order valence-electron chi connectivity index (χ0n) is 14.5. The van der Waals surface area contributed by atoms with E-state index in [1.54, 1.807) is 42.9 Å². The van der Waals surface area contributed by atoms with Crippen LogP contribution in [0.4, 0.5) is 5.69 Å². The number of hydrogen-bond acceptors (Lipinski definition) is 7. The number of nitrogens with zero attached hydrogens (tertiary/aromatic N) is 6. The number of rotatable bonds is 5. The molecule has 0 saturated carbocycles. The third-order valence-electron chi connectivity index (χ3n) is 3.82. The summed E-state index contributed by atoms with van der Waals surface area (Å²) in [5.74, 6) is -1.02. The molecule has 3 rings (SSSR count). The van der Waals surface area contributed by atoms with Crippen LogP contribution in [0.25, 0.3) is 5.69 Å². The maximum Gasteiger partial charge on any atom is 0.338 e. The Bertz CT molecular complexity index is 930. The molecule has 0 fully saturated rings. The maximum absolute atomic E-state index is 12.1. The summed E-state index contributed by atoms with van der Waals surface area (Å²) in [5, 5.41) is 17.8. The van der Waals surface area contributed by atoms with E-state index < -0.39 is 11.9 Å². The average Bonchev–Trinajstić information content (AvgIpc) is 3.25. The van der Waals surface area contributed by atoms with Gasteiger partial charge >= 0.3 is 5.97 Å². The summed E-state index contributed by atoms with van der Waals surface area (Å²) >= 11 is 0. The summed E-state index contributed by atoms with van der Waals surface area (Å²) < 4.78 is 8.18. The average molecular weight is 355 g/mol. The molecule has 0 bridgehead atoms. The smallest absolute Gasteiger partial charge is 0.338 e. The van der Waals surface area contributed by atoms with E-state index in [0.29, 0.717) is 22.6 Å². The molecule has 26 heavy (non-hydrogen) atoms. The highest BCUT2D eigenvalue weighted by Gasteiger charge is 2.15. The van der Waals surface area contributed by atoms with E-state index in [4.69, 9.17) is 4.74 Å². The molecule has 1 N–H and O–H groups in total. The van der Waals surface area contributed by atoms with Gasteiger partial charge in [0.15, 0.2) is 6.61 Å². The third-order valence-corrected chi connectivity index (χ3v) is 3.82. The number of amides is 1. The van der Waals surface area contributed by atoms with Crippen LogP contribution in [0.3, 0.4) is 0 Å². The number of esters is 1. The Morgan fingerprint density at radius 2 is 1.92 bits per heavy atom. The van der Waals surface area contributed by atoms with Crippen molar-refractivity contribution in [2.45, 2.75) is 13.8 Å². The van der Waals surface area contributed by atoms with E-state index in [2.05, 4.69) is 25.9 Å². The number of tetrazole rings is 1. The van der Waals surface area contributed by atoms with Gasteiger partial charge in [0.1, 0.15) is 6.33 Å². The van der Waals surface area contributed by atoms with Gasteiger partial charge in [0, 0.05) is 7.05 Å². The first-order valence-electron chi connectivity index (χ1n) is 7.76. The summed E-state index contributed by atoms with van der Waals surface area (Å²) in [6.45, 7) is 3.25. The van der Waals surface area contributed by atoms with E-state index >= 15 is 0 Å². The Balaban J connectivity index is 1.57. The molecule has 3 aromatic rings. The van der Waals surface area contributed by atoms with Crippen molar-refractivity contribution in [3.8, 4) is 5.69 Å². The number of nitrogens with one attached hydrogen (secondary N) is 1. The lowest BCUT2D eigenvalue weighted by Crippen LogP contribution is -2.21. The summed E-state index contributed by atoms with van der Waals surface area (Å²) in [5.41, 5.74) is 3.16. The number of aryl methyl sites for hydroxylation is 2. The van der Waals surface area contributed by atoms with Gasteiger partial charge in [0.2, 0.25) is 0 Å². The summed E-state index contributed by atoms with van der Waals surface area (Å²) in [4.78, 5) is 24.1. The zero-order chi connectivity index (χ0) is 18.7. The minimum absolute atomic E-state index is 0.323. The van der Waals surface area contributed by atoms with Gasteiger partial charge in [0.05, 0.1) is 28.3 Å². The van der Waals surface area contributed by atoms with Crippen LogP contribution < -0.4 is 5.32 Å². The number of carbonyl (C=O) groups excluding carboxylic acids is 2. The van der Waals surface area contributed by atoms with Crippen molar-refractivity contribution in [1.82, 2.24) is 30.0 Å². The Labute approximate surface area is 148 Å². The fourth-order valence-corrected chi connectivity index (χ4v) is 2.37. The fourth-order valence-electron chi connectivity index (χ4n) is 2.37. The lowest BCUT2D eigenvalue weighted by Gasteiger charge is -2.07. The molecular formula is C16H17N7O3. The van der Waals surface area contributed by atoms with Crippen LogP contribution in [-0.2, 0) is 16.6 Å². The molecule has 10 heteroatoms. The van der Waals surface area contributed by atoms with Crippen LogP contribution in [0.15, 0.2) is 30.6 Å². The molecule has 0 radical (unpaired) electrons. The predicted octanol–water partition coefficient (Wildman–Crippen LogP) is 0.808. The second-order valence-corrected chi connectivity index (χ2v) is 5.60. The van der Waals surface area contributed by atoms with E-state index in [-0.39, 0.29) is 6.61 Å². The van der Waals surface area contributed by atoms with Crippen molar-refractivity contribution in [2.75, 3.05) is 11.9 Å². The SMILES string of the molecule is Cc1nn(C)c(C)c1NC(=O)COC(=O)c1ccc(-n2cnnn2)cc1. The van der Waals surface area contributed by atoms with Gasteiger partial charge in [0.25, 0.3) is 5.91 Å². The quantitative estimate of drug-likeness (QED) is 0.673. The molecule has 0 atom stereocenters. The monoisotopic (exact) mass is 355 g/mol. The summed E-state index contributed by atoms with van der Waals surface area (Å²) in [6, 6.07) is 6.50. The van der Waals surface area contributed by atoms with Gasteiger partial charge in [-0.3, -0.25) is 9.48 Å². The lowest BCUT2D eigenvalue weighted by molar-refractivity contribution is -0.119. The minimum atomic E-state index is -0.594. The lowest BCUT2D eigenvalue weighted by atomic mass is 10.2. The van der Waals surface area contributed by atoms with Crippen LogP contribution in [0.5, 0.6) is 0 Å². The van der Waals surface area contributed by atoms with Crippen LogP contribution in [0.1, 0.15) is 21.7 Å². The fraction of sp³-hybridized carbons (Fsp3) is 0.250. The first kappa shape index (κ1) is 17.3. The van der Waals surface area contributed by atoms with Crippen LogP contribution >= 0.6 is 0 Å².